The number of hydrogen-bond donors (Lipinski definition) is 0. The number of aromatic nitrogens is 1. The minimum atomic E-state index is 0.411. The highest BCUT2D eigenvalue weighted by molar-refractivity contribution is 7.13. The van der Waals surface area contributed by atoms with Crippen LogP contribution in [0.3, 0.4) is 0 Å². The van der Waals surface area contributed by atoms with E-state index in [1.54, 1.807) is 18.4 Å². The molecule has 4 heteroatoms. The van der Waals surface area contributed by atoms with Gasteiger partial charge in [-0.25, -0.2) is 4.98 Å². The van der Waals surface area contributed by atoms with Crippen molar-refractivity contribution in [2.45, 2.75) is 13.0 Å². The maximum absolute atomic E-state index is 5.18. The molecule has 0 aromatic carbocycles. The maximum atomic E-state index is 5.18. The molecular formula is C8H12N2OS. The van der Waals surface area contributed by atoms with Crippen molar-refractivity contribution in [2.75, 3.05) is 25.1 Å². The van der Waals surface area contributed by atoms with Crippen LogP contribution in [0, 0.1) is 6.92 Å². The van der Waals surface area contributed by atoms with Gasteiger partial charge in [-0.2, -0.15) is 0 Å². The molecule has 1 aliphatic heterocycles. The average Bonchev–Trinajstić information content (AvgIpc) is 2.34. The molecule has 2 rings (SSSR count). The maximum Gasteiger partial charge on any atom is 0.185 e. The zero-order chi connectivity index (χ0) is 8.55. The van der Waals surface area contributed by atoms with Gasteiger partial charge in [-0.05, 0) is 6.92 Å². The van der Waals surface area contributed by atoms with Crippen LogP contribution in [0.25, 0.3) is 0 Å². The van der Waals surface area contributed by atoms with Crippen molar-refractivity contribution in [1.29, 1.82) is 0 Å². The van der Waals surface area contributed by atoms with Gasteiger partial charge in [0.2, 0.25) is 0 Å². The van der Waals surface area contributed by atoms with Gasteiger partial charge >= 0.3 is 0 Å². The van der Waals surface area contributed by atoms with Crippen LogP contribution in [-0.4, -0.2) is 31.3 Å². The predicted octanol–water partition coefficient (Wildman–Crippen LogP) is 1.29. The van der Waals surface area contributed by atoms with Gasteiger partial charge in [-0.1, -0.05) is 0 Å². The number of thiazole rings is 1. The van der Waals surface area contributed by atoms with Gasteiger partial charge in [0.1, 0.15) is 0 Å². The van der Waals surface area contributed by atoms with E-state index in [1.165, 1.54) is 0 Å². The standard InChI is InChI=1S/C8H12N2OS/c1-6-5-12-8(9-6)10-3-7(4-10)11-2/h5,7H,3-4H2,1-2H3. The van der Waals surface area contributed by atoms with Gasteiger partial charge in [-0.3, -0.25) is 0 Å². The Morgan fingerprint density at radius 1 is 1.67 bits per heavy atom. The molecule has 1 aromatic heterocycles. The largest absolute Gasteiger partial charge is 0.378 e. The number of hydrogen-bond acceptors (Lipinski definition) is 4. The smallest absolute Gasteiger partial charge is 0.185 e. The lowest BCUT2D eigenvalue weighted by Crippen LogP contribution is -2.51. The Kier molecular flexibility index (Phi) is 2.02. The molecule has 0 unspecified atom stereocenters. The fraction of sp³-hybridized carbons (Fsp3) is 0.625. The van der Waals surface area contributed by atoms with Crippen molar-refractivity contribution in [3.05, 3.63) is 11.1 Å². The summed E-state index contributed by atoms with van der Waals surface area (Å²) in [6.07, 6.45) is 0.411. The number of rotatable bonds is 2. The van der Waals surface area contributed by atoms with Crippen LogP contribution < -0.4 is 4.90 Å². The highest BCUT2D eigenvalue weighted by Crippen LogP contribution is 2.25. The number of aryl methyl sites for hydroxylation is 1. The van der Waals surface area contributed by atoms with Crippen LogP contribution in [0.15, 0.2) is 5.38 Å². The monoisotopic (exact) mass is 184 g/mol. The second-order valence-corrected chi connectivity index (χ2v) is 3.87. The molecule has 1 saturated heterocycles. The van der Waals surface area contributed by atoms with E-state index in [0.29, 0.717) is 6.10 Å². The molecule has 2 heterocycles. The molecule has 0 aliphatic carbocycles. The first-order chi connectivity index (χ1) is 5.79. The molecule has 12 heavy (non-hydrogen) atoms. The minimum Gasteiger partial charge on any atom is -0.378 e. The number of nitrogens with zero attached hydrogens (tertiary/aromatic N) is 2. The fourth-order valence-corrected chi connectivity index (χ4v) is 2.05. The number of anilines is 1. The summed E-state index contributed by atoms with van der Waals surface area (Å²) in [5.74, 6) is 0. The van der Waals surface area contributed by atoms with E-state index in [1.807, 2.05) is 6.92 Å². The third kappa shape index (κ3) is 1.32. The Labute approximate surface area is 76.0 Å². The SMILES string of the molecule is COC1CN(c2nc(C)cs2)C1. The zero-order valence-corrected chi connectivity index (χ0v) is 8.10. The van der Waals surface area contributed by atoms with E-state index in [2.05, 4.69) is 15.3 Å². The summed E-state index contributed by atoms with van der Waals surface area (Å²) < 4.78 is 5.18. The molecule has 0 saturated carbocycles. The Morgan fingerprint density at radius 3 is 2.92 bits per heavy atom. The molecule has 0 N–H and O–H groups in total. The normalized spacial score (nSPS) is 18.0. The summed E-state index contributed by atoms with van der Waals surface area (Å²) >= 11 is 1.71. The third-order valence-corrected chi connectivity index (χ3v) is 3.08. The molecule has 3 nitrogen and oxygen atoms in total. The van der Waals surface area contributed by atoms with E-state index in [0.717, 1.165) is 23.9 Å². The summed E-state index contributed by atoms with van der Waals surface area (Å²) in [6.45, 7) is 4.00. The lowest BCUT2D eigenvalue weighted by molar-refractivity contribution is 0.0787. The summed E-state index contributed by atoms with van der Waals surface area (Å²) in [6, 6.07) is 0. The van der Waals surface area contributed by atoms with Crippen molar-refractivity contribution in [3.63, 3.8) is 0 Å². The van der Waals surface area contributed by atoms with Gasteiger partial charge < -0.3 is 9.64 Å². The summed E-state index contributed by atoms with van der Waals surface area (Å²) in [5.41, 5.74) is 1.11. The predicted molar refractivity (Wildman–Crippen MR) is 49.9 cm³/mol. The molecule has 1 aliphatic rings. The quantitative estimate of drug-likeness (QED) is 0.692. The molecule has 0 bridgehead atoms. The molecular weight excluding hydrogens is 172 g/mol. The molecule has 66 valence electrons. The van der Waals surface area contributed by atoms with Crippen molar-refractivity contribution in [2.24, 2.45) is 0 Å². The van der Waals surface area contributed by atoms with Gasteiger partial charge in [0.05, 0.1) is 11.8 Å². The second-order valence-electron chi connectivity index (χ2n) is 3.03. The Morgan fingerprint density at radius 2 is 2.42 bits per heavy atom. The van der Waals surface area contributed by atoms with E-state index in [4.69, 9.17) is 4.74 Å². The van der Waals surface area contributed by atoms with E-state index in [9.17, 15) is 0 Å². The summed E-state index contributed by atoms with van der Waals surface area (Å²) in [5, 5.41) is 3.20. The van der Waals surface area contributed by atoms with Crippen LogP contribution >= 0.6 is 11.3 Å². The minimum absolute atomic E-state index is 0.411. The van der Waals surface area contributed by atoms with Crippen molar-refractivity contribution in [3.8, 4) is 0 Å². The molecule has 0 atom stereocenters. The Balaban J connectivity index is 1.96. The van der Waals surface area contributed by atoms with Crippen molar-refractivity contribution in [1.82, 2.24) is 4.98 Å². The molecule has 0 amide bonds. The second kappa shape index (κ2) is 3.03. The third-order valence-electron chi connectivity index (χ3n) is 2.06. The van der Waals surface area contributed by atoms with Gasteiger partial charge in [0.15, 0.2) is 5.13 Å². The van der Waals surface area contributed by atoms with Gasteiger partial charge in [-0.15, -0.1) is 11.3 Å². The molecule has 0 radical (unpaired) electrons. The van der Waals surface area contributed by atoms with Crippen LogP contribution in [-0.2, 0) is 4.74 Å². The van der Waals surface area contributed by atoms with Crippen LogP contribution in [0.2, 0.25) is 0 Å². The van der Waals surface area contributed by atoms with Gasteiger partial charge in [0.25, 0.3) is 0 Å². The van der Waals surface area contributed by atoms with Crippen molar-refractivity contribution < 1.29 is 4.74 Å². The first-order valence-electron chi connectivity index (χ1n) is 3.99. The summed E-state index contributed by atoms with van der Waals surface area (Å²) in [4.78, 5) is 6.63. The first kappa shape index (κ1) is 8.01. The van der Waals surface area contributed by atoms with Crippen molar-refractivity contribution >= 4 is 16.5 Å². The molecule has 1 fully saturated rings. The Bertz CT molecular complexity index is 268. The topological polar surface area (TPSA) is 25.4 Å². The molecule has 1 aromatic rings. The highest BCUT2D eigenvalue weighted by Gasteiger charge is 2.28. The number of ether oxygens (including phenoxy) is 1. The van der Waals surface area contributed by atoms with Crippen LogP contribution in [0.5, 0.6) is 0 Å². The molecule has 0 spiro atoms. The van der Waals surface area contributed by atoms with E-state index >= 15 is 0 Å². The van der Waals surface area contributed by atoms with E-state index < -0.39 is 0 Å². The van der Waals surface area contributed by atoms with Crippen LogP contribution in [0.1, 0.15) is 5.69 Å². The highest BCUT2D eigenvalue weighted by atomic mass is 32.1. The van der Waals surface area contributed by atoms with Crippen LogP contribution in [0.4, 0.5) is 5.13 Å². The number of methoxy groups -OCH3 is 1. The summed E-state index contributed by atoms with van der Waals surface area (Å²) in [7, 11) is 1.76. The fourth-order valence-electron chi connectivity index (χ4n) is 1.23. The zero-order valence-electron chi connectivity index (χ0n) is 7.28. The lowest BCUT2D eigenvalue weighted by Gasteiger charge is -2.37. The lowest BCUT2D eigenvalue weighted by atomic mass is 10.2. The van der Waals surface area contributed by atoms with Gasteiger partial charge in [0, 0.05) is 25.6 Å². The average molecular weight is 184 g/mol. The Hall–Kier alpha value is -0.610. The first-order valence-corrected chi connectivity index (χ1v) is 4.87. The van der Waals surface area contributed by atoms with E-state index in [-0.39, 0.29) is 0 Å².